The number of primary sulfonamides is 1. The van der Waals surface area contributed by atoms with Gasteiger partial charge in [0.2, 0.25) is 10.0 Å². The van der Waals surface area contributed by atoms with Crippen LogP contribution >= 0.6 is 0 Å². The van der Waals surface area contributed by atoms with Crippen molar-refractivity contribution in [1.82, 2.24) is 4.90 Å². The van der Waals surface area contributed by atoms with E-state index in [0.29, 0.717) is 5.69 Å². The quantitative estimate of drug-likeness (QED) is 0.533. The zero-order valence-corrected chi connectivity index (χ0v) is 12.3. The van der Waals surface area contributed by atoms with E-state index in [1.165, 1.54) is 32.0 Å². The van der Waals surface area contributed by atoms with Gasteiger partial charge in [0.05, 0.1) is 11.4 Å². The molecule has 1 aliphatic rings. The largest absolute Gasteiger partial charge is 0.396 e. The van der Waals surface area contributed by atoms with E-state index < -0.39 is 10.0 Å². The summed E-state index contributed by atoms with van der Waals surface area (Å²) in [4.78, 5) is 2.41. The van der Waals surface area contributed by atoms with Crippen molar-refractivity contribution in [2.75, 3.05) is 37.2 Å². The van der Waals surface area contributed by atoms with E-state index in [9.17, 15) is 8.42 Å². The molecule has 2 rings (SSSR count). The summed E-state index contributed by atoms with van der Waals surface area (Å²) >= 11 is 0. The molecule has 0 aliphatic carbocycles. The Kier molecular flexibility index (Phi) is 4.85. The average Bonchev–Trinajstić information content (AvgIpc) is 2.88. The van der Waals surface area contributed by atoms with Crippen LogP contribution in [0.4, 0.5) is 11.4 Å². The van der Waals surface area contributed by atoms with Gasteiger partial charge in [0.1, 0.15) is 4.90 Å². The highest BCUT2D eigenvalue weighted by molar-refractivity contribution is 7.89. The number of nitrogen functional groups attached to an aromatic ring is 1. The van der Waals surface area contributed by atoms with Gasteiger partial charge < -0.3 is 16.0 Å². The van der Waals surface area contributed by atoms with Crippen molar-refractivity contribution in [3.8, 4) is 0 Å². The molecule has 0 saturated carbocycles. The van der Waals surface area contributed by atoms with Gasteiger partial charge in [-0.05, 0) is 51.0 Å². The standard InChI is InChI=1S/C13H22N4O2S/c14-13-11(5-3-6-12(13)20(15,18)19)16-7-4-10-17-8-1-2-9-17/h3,5-6,16H,1-2,4,7-10,14H2,(H2,15,18,19). The van der Waals surface area contributed by atoms with Crippen LogP contribution in [0.3, 0.4) is 0 Å². The molecule has 0 bridgehead atoms. The summed E-state index contributed by atoms with van der Waals surface area (Å²) in [5.74, 6) is 0. The van der Waals surface area contributed by atoms with Crippen molar-refractivity contribution < 1.29 is 8.42 Å². The molecule has 1 aromatic rings. The number of para-hydroxylation sites is 1. The van der Waals surface area contributed by atoms with E-state index in [4.69, 9.17) is 10.9 Å². The Morgan fingerprint density at radius 3 is 2.60 bits per heavy atom. The first kappa shape index (κ1) is 15.1. The number of hydrogen-bond donors (Lipinski definition) is 3. The lowest BCUT2D eigenvalue weighted by atomic mass is 10.2. The number of sulfonamides is 1. The van der Waals surface area contributed by atoms with Crippen molar-refractivity contribution >= 4 is 21.4 Å². The highest BCUT2D eigenvalue weighted by atomic mass is 32.2. The normalized spacial score (nSPS) is 16.4. The smallest absolute Gasteiger partial charge is 0.240 e. The van der Waals surface area contributed by atoms with Gasteiger partial charge in [-0.2, -0.15) is 0 Å². The van der Waals surface area contributed by atoms with Crippen LogP contribution in [0.1, 0.15) is 19.3 Å². The molecule has 1 fully saturated rings. The molecule has 1 aliphatic heterocycles. The van der Waals surface area contributed by atoms with Gasteiger partial charge in [0, 0.05) is 6.54 Å². The number of nitrogens with two attached hydrogens (primary N) is 2. The van der Waals surface area contributed by atoms with Crippen LogP contribution in [0.2, 0.25) is 0 Å². The van der Waals surface area contributed by atoms with Crippen LogP contribution in [-0.2, 0) is 10.0 Å². The Balaban J connectivity index is 1.89. The highest BCUT2D eigenvalue weighted by Gasteiger charge is 2.14. The number of anilines is 2. The van der Waals surface area contributed by atoms with E-state index in [-0.39, 0.29) is 10.6 Å². The molecule has 0 atom stereocenters. The molecule has 5 N–H and O–H groups in total. The zero-order chi connectivity index (χ0) is 14.6. The van der Waals surface area contributed by atoms with Crippen molar-refractivity contribution in [1.29, 1.82) is 0 Å². The molecule has 0 radical (unpaired) electrons. The van der Waals surface area contributed by atoms with Crippen molar-refractivity contribution in [2.24, 2.45) is 5.14 Å². The summed E-state index contributed by atoms with van der Waals surface area (Å²) < 4.78 is 22.7. The lowest BCUT2D eigenvalue weighted by molar-refractivity contribution is 0.337. The minimum absolute atomic E-state index is 0.0259. The topological polar surface area (TPSA) is 101 Å². The molecule has 0 unspecified atom stereocenters. The van der Waals surface area contributed by atoms with E-state index in [0.717, 1.165) is 19.5 Å². The predicted molar refractivity (Wildman–Crippen MR) is 81.0 cm³/mol. The van der Waals surface area contributed by atoms with Crippen LogP contribution in [0.5, 0.6) is 0 Å². The molecule has 20 heavy (non-hydrogen) atoms. The van der Waals surface area contributed by atoms with E-state index in [1.54, 1.807) is 12.1 Å². The molecule has 1 saturated heterocycles. The number of nitrogens with zero attached hydrogens (tertiary/aromatic N) is 1. The van der Waals surface area contributed by atoms with Gasteiger partial charge in [0.15, 0.2) is 0 Å². The Bertz CT molecular complexity index is 553. The maximum atomic E-state index is 11.4. The molecule has 1 aromatic carbocycles. The summed E-state index contributed by atoms with van der Waals surface area (Å²) in [6.45, 7) is 4.18. The number of hydrogen-bond acceptors (Lipinski definition) is 5. The molecule has 7 heteroatoms. The second-order valence-electron chi connectivity index (χ2n) is 5.09. The fourth-order valence-electron chi connectivity index (χ4n) is 2.48. The summed E-state index contributed by atoms with van der Waals surface area (Å²) in [6, 6.07) is 4.82. The van der Waals surface area contributed by atoms with Gasteiger partial charge in [-0.3, -0.25) is 0 Å². The molecule has 0 aromatic heterocycles. The second kappa shape index (κ2) is 6.43. The fourth-order valence-corrected chi connectivity index (χ4v) is 3.16. The van der Waals surface area contributed by atoms with Crippen LogP contribution in [0.25, 0.3) is 0 Å². The third kappa shape index (κ3) is 3.84. The number of rotatable bonds is 6. The van der Waals surface area contributed by atoms with Crippen molar-refractivity contribution in [3.05, 3.63) is 18.2 Å². The molecule has 112 valence electrons. The SMILES string of the molecule is Nc1c(NCCCN2CCCC2)cccc1S(N)(=O)=O. The molecular weight excluding hydrogens is 276 g/mol. The van der Waals surface area contributed by atoms with Gasteiger partial charge in [-0.25, -0.2) is 13.6 Å². The lowest BCUT2D eigenvalue weighted by Gasteiger charge is -2.16. The first-order chi connectivity index (χ1) is 9.48. The minimum atomic E-state index is -3.77. The van der Waals surface area contributed by atoms with Gasteiger partial charge >= 0.3 is 0 Å². The first-order valence-corrected chi connectivity index (χ1v) is 8.40. The minimum Gasteiger partial charge on any atom is -0.396 e. The number of likely N-dealkylation sites (tertiary alicyclic amines) is 1. The van der Waals surface area contributed by atoms with Crippen LogP contribution in [0.15, 0.2) is 23.1 Å². The Labute approximate surface area is 120 Å². The van der Waals surface area contributed by atoms with Gasteiger partial charge in [0.25, 0.3) is 0 Å². The Hall–Kier alpha value is -1.31. The van der Waals surface area contributed by atoms with E-state index >= 15 is 0 Å². The van der Waals surface area contributed by atoms with Crippen molar-refractivity contribution in [2.45, 2.75) is 24.2 Å². The summed E-state index contributed by atoms with van der Waals surface area (Å²) in [7, 11) is -3.77. The zero-order valence-electron chi connectivity index (χ0n) is 11.5. The lowest BCUT2D eigenvalue weighted by Crippen LogP contribution is -2.22. The highest BCUT2D eigenvalue weighted by Crippen LogP contribution is 2.25. The third-order valence-corrected chi connectivity index (χ3v) is 4.51. The molecule has 6 nitrogen and oxygen atoms in total. The van der Waals surface area contributed by atoms with Crippen LogP contribution < -0.4 is 16.2 Å². The van der Waals surface area contributed by atoms with E-state index in [2.05, 4.69) is 10.2 Å². The number of benzene rings is 1. The van der Waals surface area contributed by atoms with Crippen LogP contribution in [0, 0.1) is 0 Å². The number of nitrogens with one attached hydrogen (secondary N) is 1. The molecular formula is C13H22N4O2S. The van der Waals surface area contributed by atoms with Crippen molar-refractivity contribution in [3.63, 3.8) is 0 Å². The van der Waals surface area contributed by atoms with Gasteiger partial charge in [-0.15, -0.1) is 0 Å². The maximum absolute atomic E-state index is 11.4. The average molecular weight is 298 g/mol. The summed E-state index contributed by atoms with van der Waals surface area (Å²) in [5.41, 5.74) is 6.66. The second-order valence-corrected chi connectivity index (χ2v) is 6.62. The summed E-state index contributed by atoms with van der Waals surface area (Å²) in [5, 5.41) is 8.30. The Morgan fingerprint density at radius 1 is 1.25 bits per heavy atom. The maximum Gasteiger partial charge on any atom is 0.240 e. The summed E-state index contributed by atoms with van der Waals surface area (Å²) in [6.07, 6.45) is 3.58. The molecule has 1 heterocycles. The third-order valence-electron chi connectivity index (χ3n) is 3.54. The fraction of sp³-hybridized carbons (Fsp3) is 0.538. The Morgan fingerprint density at radius 2 is 1.95 bits per heavy atom. The van der Waals surface area contributed by atoms with Gasteiger partial charge in [-0.1, -0.05) is 6.07 Å². The van der Waals surface area contributed by atoms with Crippen LogP contribution in [-0.4, -0.2) is 39.5 Å². The first-order valence-electron chi connectivity index (χ1n) is 6.86. The monoisotopic (exact) mass is 298 g/mol. The molecule has 0 amide bonds. The predicted octanol–water partition coefficient (Wildman–Crippen LogP) is 0.814. The molecule has 0 spiro atoms. The van der Waals surface area contributed by atoms with E-state index in [1.807, 2.05) is 0 Å².